The van der Waals surface area contributed by atoms with Crippen molar-refractivity contribution in [2.45, 2.75) is 0 Å². The standard InChI is InChI=1S/9Ca. The van der Waals surface area contributed by atoms with Crippen LogP contribution in [0.1, 0.15) is 0 Å². The summed E-state index contributed by atoms with van der Waals surface area (Å²) in [6, 6.07) is 0. The number of hydrogen-bond acceptors (Lipinski definition) is 0. The molecule has 0 nitrogen and oxygen atoms in total. The maximum absolute atomic E-state index is 0. The minimum Gasteiger partial charge on any atom is 0 e. The third-order valence-corrected chi connectivity index (χ3v) is 0. The van der Waals surface area contributed by atoms with Crippen LogP contribution in [0.15, 0.2) is 0 Å². The zero-order chi connectivity index (χ0) is 0. The van der Waals surface area contributed by atoms with E-state index < -0.39 is 0 Å². The fourth-order valence-corrected chi connectivity index (χ4v) is 0. The summed E-state index contributed by atoms with van der Waals surface area (Å²) in [5.74, 6) is 0. The predicted octanol–water partition coefficient (Wildman–Crippen LogP) is -3.43. The van der Waals surface area contributed by atoms with Gasteiger partial charge in [0.1, 0.15) is 0 Å². The predicted molar refractivity (Wildman–Crippen MR) is 51.8 cm³/mol. The Bertz CT molecular complexity index is 0. The first-order chi connectivity index (χ1) is 0. The van der Waals surface area contributed by atoms with E-state index in [0.717, 1.165) is 0 Å². The van der Waals surface area contributed by atoms with Crippen LogP contribution in [0.2, 0.25) is 0 Å². The van der Waals surface area contributed by atoms with Gasteiger partial charge in [-0.25, -0.2) is 0 Å². The van der Waals surface area contributed by atoms with Crippen LogP contribution in [-0.2, 0) is 0 Å². The van der Waals surface area contributed by atoms with Gasteiger partial charge in [0.05, 0.1) is 0 Å². The molecule has 0 aromatic heterocycles. The van der Waals surface area contributed by atoms with Gasteiger partial charge in [-0.15, -0.1) is 0 Å². The van der Waals surface area contributed by atoms with Gasteiger partial charge in [0.25, 0.3) is 0 Å². The Kier molecular flexibility index (Phi) is 333. The summed E-state index contributed by atoms with van der Waals surface area (Å²) in [6.45, 7) is 0. The van der Waals surface area contributed by atoms with Crippen LogP contribution in [0.25, 0.3) is 0 Å². The normalized spacial score (nSPS) is 0. The fraction of sp³-hybridized carbons (Fsp3) is 0. The quantitative estimate of drug-likeness (QED) is 0.395. The van der Waals surface area contributed by atoms with E-state index in [-0.39, 0.29) is 340 Å². The molecule has 9 heteroatoms. The molecule has 0 amide bonds. The Hall–Kier alpha value is 11.3. The number of rotatable bonds is 0. The fourth-order valence-electron chi connectivity index (χ4n) is 0. The van der Waals surface area contributed by atoms with Crippen molar-refractivity contribution >= 4 is 340 Å². The Labute approximate surface area is 326 Å². The average Bonchev–Trinajstić information content (AvgIpc) is 0. The van der Waals surface area contributed by atoms with Gasteiger partial charge in [0.15, 0.2) is 0 Å². The first-order valence-corrected chi connectivity index (χ1v) is 0. The van der Waals surface area contributed by atoms with Crippen molar-refractivity contribution in [3.63, 3.8) is 0 Å². The van der Waals surface area contributed by atoms with E-state index in [1.807, 2.05) is 0 Å². The smallest absolute Gasteiger partial charge is 0 e. The van der Waals surface area contributed by atoms with Crippen LogP contribution in [0, 0.1) is 0 Å². The van der Waals surface area contributed by atoms with E-state index in [1.165, 1.54) is 0 Å². The second-order valence-corrected chi connectivity index (χ2v) is 0. The van der Waals surface area contributed by atoms with Crippen molar-refractivity contribution in [2.75, 3.05) is 0 Å². The molecule has 0 aromatic carbocycles. The molecular weight excluding hydrogens is 361 g/mol. The maximum atomic E-state index is 0. The van der Waals surface area contributed by atoms with Crippen LogP contribution < -0.4 is 0 Å². The third kappa shape index (κ3) is 45.2. The molecule has 0 atom stereocenters. The van der Waals surface area contributed by atoms with Crippen molar-refractivity contribution in [3.05, 3.63) is 0 Å². The van der Waals surface area contributed by atoms with Crippen molar-refractivity contribution in [3.8, 4) is 0 Å². The van der Waals surface area contributed by atoms with Gasteiger partial charge in [-0.3, -0.25) is 0 Å². The molecule has 0 aliphatic carbocycles. The zero-order valence-corrected chi connectivity index (χ0v) is 26.2. The Morgan fingerprint density at radius 1 is 0.111 bits per heavy atom. The molecule has 0 saturated heterocycles. The monoisotopic (exact) mass is 360 g/mol. The molecule has 0 aliphatic heterocycles. The van der Waals surface area contributed by atoms with Gasteiger partial charge >= 0.3 is 0 Å². The maximum Gasteiger partial charge on any atom is 0 e. The van der Waals surface area contributed by atoms with Crippen molar-refractivity contribution in [1.82, 2.24) is 0 Å². The molecule has 0 N–H and O–H groups in total. The summed E-state index contributed by atoms with van der Waals surface area (Å²) in [5, 5.41) is 0. The summed E-state index contributed by atoms with van der Waals surface area (Å²) >= 11 is 0. The molecular formula is Ca9. The molecule has 0 fully saturated rings. The van der Waals surface area contributed by atoms with Gasteiger partial charge in [-0.05, 0) is 0 Å². The van der Waals surface area contributed by atoms with E-state index in [2.05, 4.69) is 0 Å². The van der Waals surface area contributed by atoms with Gasteiger partial charge in [-0.1, -0.05) is 0 Å². The minimum atomic E-state index is 0. The van der Waals surface area contributed by atoms with Crippen LogP contribution in [-0.4, -0.2) is 340 Å². The second kappa shape index (κ2) is 50.6. The summed E-state index contributed by atoms with van der Waals surface area (Å²) in [5.41, 5.74) is 0. The van der Waals surface area contributed by atoms with Crippen molar-refractivity contribution in [2.24, 2.45) is 0 Å². The second-order valence-electron chi connectivity index (χ2n) is 0. The first kappa shape index (κ1) is 59.2. The molecule has 0 aromatic rings. The van der Waals surface area contributed by atoms with Crippen LogP contribution >= 0.6 is 0 Å². The molecule has 0 rings (SSSR count). The molecule has 18 radical (unpaired) electrons. The van der Waals surface area contributed by atoms with Crippen molar-refractivity contribution in [1.29, 1.82) is 0 Å². The Morgan fingerprint density at radius 3 is 0.111 bits per heavy atom. The van der Waals surface area contributed by atoms with Crippen molar-refractivity contribution < 1.29 is 0 Å². The first-order valence-electron chi connectivity index (χ1n) is 0. The molecule has 0 heterocycles. The molecule has 0 bridgehead atoms. The molecule has 0 spiro atoms. The zero-order valence-electron chi connectivity index (χ0n) is 6.36. The van der Waals surface area contributed by atoms with Crippen LogP contribution in [0.4, 0.5) is 0 Å². The van der Waals surface area contributed by atoms with Gasteiger partial charge < -0.3 is 0 Å². The molecule has 0 aliphatic rings. The summed E-state index contributed by atoms with van der Waals surface area (Å²) in [4.78, 5) is 0. The van der Waals surface area contributed by atoms with E-state index in [1.54, 1.807) is 0 Å². The van der Waals surface area contributed by atoms with Gasteiger partial charge in [-0.2, -0.15) is 0 Å². The Morgan fingerprint density at radius 2 is 0.111 bits per heavy atom. The topological polar surface area (TPSA) is 0 Å². The minimum absolute atomic E-state index is 0. The summed E-state index contributed by atoms with van der Waals surface area (Å²) < 4.78 is 0. The van der Waals surface area contributed by atoms with E-state index in [9.17, 15) is 0 Å². The third-order valence-electron chi connectivity index (χ3n) is 0. The van der Waals surface area contributed by atoms with Crippen LogP contribution in [0.3, 0.4) is 0 Å². The van der Waals surface area contributed by atoms with Gasteiger partial charge in [0, 0.05) is 340 Å². The molecule has 0 unspecified atom stereocenters. The van der Waals surface area contributed by atoms with E-state index >= 15 is 0 Å². The Balaban J connectivity index is 0. The average molecular weight is 361 g/mol. The summed E-state index contributed by atoms with van der Waals surface area (Å²) in [7, 11) is 0. The van der Waals surface area contributed by atoms with E-state index in [0.29, 0.717) is 0 Å². The largest absolute Gasteiger partial charge is 0 e. The van der Waals surface area contributed by atoms with Gasteiger partial charge in [0.2, 0.25) is 0 Å². The number of hydrogen-bond donors (Lipinski definition) is 0. The molecule has 0 saturated carbocycles. The van der Waals surface area contributed by atoms with Crippen LogP contribution in [0.5, 0.6) is 0 Å². The SMILES string of the molecule is [Ca].[Ca].[Ca].[Ca].[Ca].[Ca].[Ca].[Ca].[Ca]. The molecule has 18 valence electrons. The summed E-state index contributed by atoms with van der Waals surface area (Å²) in [6.07, 6.45) is 0. The molecule has 9 heavy (non-hydrogen) atoms. The van der Waals surface area contributed by atoms with E-state index in [4.69, 9.17) is 0 Å².